The Kier molecular flexibility index (Phi) is 4.78. The van der Waals surface area contributed by atoms with Crippen LogP contribution >= 0.6 is 0 Å². The third-order valence-electron chi connectivity index (χ3n) is 3.61. The summed E-state index contributed by atoms with van der Waals surface area (Å²) in [6, 6.07) is -0.474. The van der Waals surface area contributed by atoms with Crippen LogP contribution < -0.4 is 4.90 Å². The highest BCUT2D eigenvalue weighted by Crippen LogP contribution is 2.35. The lowest BCUT2D eigenvalue weighted by Gasteiger charge is -2.39. The Morgan fingerprint density at radius 3 is 2.62 bits per heavy atom. The number of carboxylic acid groups (broad SMARTS) is 1. The first-order valence-electron chi connectivity index (χ1n) is 6.72. The maximum absolute atomic E-state index is 12.7. The summed E-state index contributed by atoms with van der Waals surface area (Å²) in [6.07, 6.45) is -5.53. The molecule has 0 aliphatic carbocycles. The second kappa shape index (κ2) is 6.47. The summed E-state index contributed by atoms with van der Waals surface area (Å²) in [5.41, 5.74) is -2.12. The Balaban J connectivity index is 2.40. The largest absolute Gasteiger partial charge is 0.465 e. The van der Waals surface area contributed by atoms with Crippen molar-refractivity contribution in [2.24, 2.45) is 0 Å². The number of amides is 1. The molecule has 1 aromatic rings. The molecule has 1 atom stereocenters. The van der Waals surface area contributed by atoms with Crippen LogP contribution in [0.5, 0.6) is 0 Å². The van der Waals surface area contributed by atoms with E-state index in [0.717, 1.165) is 4.90 Å². The zero-order chi connectivity index (χ0) is 18.1. The number of nitrogens with zero attached hydrogens (tertiary/aromatic N) is 4. The summed E-state index contributed by atoms with van der Waals surface area (Å²) < 4.78 is 38.1. The van der Waals surface area contributed by atoms with Gasteiger partial charge in [-0.3, -0.25) is 10.1 Å². The van der Waals surface area contributed by atoms with Crippen LogP contribution in [0.3, 0.4) is 0 Å². The number of halogens is 3. The Labute approximate surface area is 133 Å². The number of anilines is 1. The average Bonchev–Trinajstić information content (AvgIpc) is 2.52. The molecule has 0 spiro atoms. The van der Waals surface area contributed by atoms with Gasteiger partial charge in [0.25, 0.3) is 0 Å². The zero-order valence-corrected chi connectivity index (χ0v) is 12.1. The molecule has 1 aliphatic heterocycles. The van der Waals surface area contributed by atoms with Gasteiger partial charge in [0, 0.05) is 31.9 Å². The number of aromatic nitrogens is 1. The van der Waals surface area contributed by atoms with Gasteiger partial charge in [0.05, 0.1) is 23.1 Å². The van der Waals surface area contributed by atoms with Crippen LogP contribution in [0, 0.1) is 10.1 Å². The lowest BCUT2D eigenvalue weighted by Crippen LogP contribution is -2.56. The predicted octanol–water partition coefficient (Wildman–Crippen LogP) is 1.17. The number of pyridine rings is 1. The molecule has 1 aromatic heterocycles. The Morgan fingerprint density at radius 2 is 2.12 bits per heavy atom. The van der Waals surface area contributed by atoms with Crippen LogP contribution in [-0.2, 0) is 6.18 Å². The zero-order valence-electron chi connectivity index (χ0n) is 12.1. The predicted molar refractivity (Wildman–Crippen MR) is 73.7 cm³/mol. The van der Waals surface area contributed by atoms with Gasteiger partial charge in [-0.05, 0) is 0 Å². The number of alkyl halides is 3. The van der Waals surface area contributed by atoms with Crippen molar-refractivity contribution in [3.05, 3.63) is 27.9 Å². The molecule has 0 radical (unpaired) electrons. The van der Waals surface area contributed by atoms with Gasteiger partial charge in [-0.15, -0.1) is 0 Å². The smallest absolute Gasteiger partial charge is 0.418 e. The monoisotopic (exact) mass is 350 g/mol. The Morgan fingerprint density at radius 1 is 1.46 bits per heavy atom. The molecule has 132 valence electrons. The fourth-order valence-electron chi connectivity index (χ4n) is 2.42. The minimum atomic E-state index is -4.78. The maximum atomic E-state index is 12.7. The fourth-order valence-corrected chi connectivity index (χ4v) is 2.42. The van der Waals surface area contributed by atoms with E-state index in [1.807, 2.05) is 0 Å². The highest BCUT2D eigenvalue weighted by Gasteiger charge is 2.37. The van der Waals surface area contributed by atoms with Crippen molar-refractivity contribution >= 4 is 17.6 Å². The van der Waals surface area contributed by atoms with Gasteiger partial charge in [-0.2, -0.15) is 13.2 Å². The van der Waals surface area contributed by atoms with Gasteiger partial charge >= 0.3 is 18.0 Å². The standard InChI is InChI=1S/C12H13F3N4O5/c13-12(14,15)7-3-9(19(23)24)10(16-4-7)18-2-1-17(11(21)22)5-8(18)6-20/h3-4,8,20H,1-2,5-6H2,(H,21,22)/t8-/m0/s1. The molecule has 1 amide bonds. The summed E-state index contributed by atoms with van der Waals surface area (Å²) in [6.45, 7) is -0.752. The normalized spacial score (nSPS) is 18.6. The molecular formula is C12H13F3N4O5. The van der Waals surface area contributed by atoms with E-state index in [2.05, 4.69) is 4.98 Å². The van der Waals surface area contributed by atoms with Gasteiger partial charge in [-0.25, -0.2) is 9.78 Å². The second-order valence-electron chi connectivity index (χ2n) is 5.08. The van der Waals surface area contributed by atoms with Gasteiger partial charge in [0.1, 0.15) is 0 Å². The van der Waals surface area contributed by atoms with Crippen LogP contribution in [0.1, 0.15) is 5.56 Å². The molecule has 1 saturated heterocycles. The summed E-state index contributed by atoms with van der Waals surface area (Å²) in [5, 5.41) is 29.5. The van der Waals surface area contributed by atoms with E-state index < -0.39 is 41.1 Å². The lowest BCUT2D eigenvalue weighted by molar-refractivity contribution is -0.384. The van der Waals surface area contributed by atoms with Crippen LogP contribution in [0.4, 0.5) is 29.5 Å². The SMILES string of the molecule is O=C(O)N1CCN(c2ncc(C(F)(F)F)cc2[N+](=O)[O-])[C@H](CO)C1. The summed E-state index contributed by atoms with van der Waals surface area (Å²) in [7, 11) is 0. The first-order chi connectivity index (χ1) is 11.1. The average molecular weight is 350 g/mol. The van der Waals surface area contributed by atoms with E-state index in [1.54, 1.807) is 0 Å². The Hall–Kier alpha value is -2.63. The number of nitro groups is 1. The van der Waals surface area contributed by atoms with Gasteiger partial charge in [0.15, 0.2) is 0 Å². The molecule has 1 aliphatic rings. The van der Waals surface area contributed by atoms with Crippen LogP contribution in [0.15, 0.2) is 12.3 Å². The van der Waals surface area contributed by atoms with E-state index in [4.69, 9.17) is 5.11 Å². The number of aliphatic hydroxyl groups is 1. The van der Waals surface area contributed by atoms with Crippen LogP contribution in [-0.4, -0.2) is 63.4 Å². The van der Waals surface area contributed by atoms with Crippen molar-refractivity contribution in [3.8, 4) is 0 Å². The molecule has 12 heteroatoms. The van der Waals surface area contributed by atoms with E-state index in [0.29, 0.717) is 12.3 Å². The topological polar surface area (TPSA) is 120 Å². The van der Waals surface area contributed by atoms with Crippen molar-refractivity contribution in [2.45, 2.75) is 12.2 Å². The van der Waals surface area contributed by atoms with Crippen molar-refractivity contribution < 1.29 is 33.1 Å². The van der Waals surface area contributed by atoms with Crippen molar-refractivity contribution in [3.63, 3.8) is 0 Å². The van der Waals surface area contributed by atoms with Crippen LogP contribution in [0.25, 0.3) is 0 Å². The molecule has 2 N–H and O–H groups in total. The Bertz CT molecular complexity index is 654. The first-order valence-corrected chi connectivity index (χ1v) is 6.72. The number of carbonyl (C=O) groups is 1. The highest BCUT2D eigenvalue weighted by atomic mass is 19.4. The molecule has 1 fully saturated rings. The molecule has 0 bridgehead atoms. The van der Waals surface area contributed by atoms with E-state index in [9.17, 15) is 33.2 Å². The van der Waals surface area contributed by atoms with Crippen molar-refractivity contribution in [1.29, 1.82) is 0 Å². The number of piperazine rings is 1. The summed E-state index contributed by atoms with van der Waals surface area (Å²) in [4.78, 5) is 26.9. The quantitative estimate of drug-likeness (QED) is 0.620. The van der Waals surface area contributed by atoms with E-state index in [-0.39, 0.29) is 25.5 Å². The molecule has 24 heavy (non-hydrogen) atoms. The second-order valence-corrected chi connectivity index (χ2v) is 5.08. The van der Waals surface area contributed by atoms with E-state index in [1.165, 1.54) is 4.90 Å². The molecule has 2 heterocycles. The number of hydrogen-bond donors (Lipinski definition) is 2. The highest BCUT2D eigenvalue weighted by molar-refractivity contribution is 5.66. The maximum Gasteiger partial charge on any atom is 0.418 e. The fraction of sp³-hybridized carbons (Fsp3) is 0.500. The lowest BCUT2D eigenvalue weighted by atomic mass is 10.1. The van der Waals surface area contributed by atoms with Crippen molar-refractivity contribution in [1.82, 2.24) is 9.88 Å². The summed E-state index contributed by atoms with van der Waals surface area (Å²) >= 11 is 0. The minimum absolute atomic E-state index is 0.0221. The molecule has 0 unspecified atom stereocenters. The molecule has 9 nitrogen and oxygen atoms in total. The molecule has 0 aromatic carbocycles. The van der Waals surface area contributed by atoms with Crippen LogP contribution in [0.2, 0.25) is 0 Å². The minimum Gasteiger partial charge on any atom is -0.465 e. The molecule has 2 rings (SSSR count). The first kappa shape index (κ1) is 17.7. The van der Waals surface area contributed by atoms with Crippen molar-refractivity contribution in [2.75, 3.05) is 31.1 Å². The third kappa shape index (κ3) is 3.48. The third-order valence-corrected chi connectivity index (χ3v) is 3.61. The molecular weight excluding hydrogens is 337 g/mol. The number of aliphatic hydroxyl groups excluding tert-OH is 1. The summed E-state index contributed by atoms with van der Waals surface area (Å²) in [5.74, 6) is -0.336. The van der Waals surface area contributed by atoms with Gasteiger partial charge < -0.3 is 20.0 Å². The van der Waals surface area contributed by atoms with Gasteiger partial charge in [0.2, 0.25) is 5.82 Å². The molecule has 0 saturated carbocycles. The number of rotatable bonds is 3. The van der Waals surface area contributed by atoms with E-state index >= 15 is 0 Å². The van der Waals surface area contributed by atoms with Gasteiger partial charge in [-0.1, -0.05) is 0 Å². The number of hydrogen-bond acceptors (Lipinski definition) is 6.